The van der Waals surface area contributed by atoms with Gasteiger partial charge in [0.15, 0.2) is 0 Å². The Morgan fingerprint density at radius 1 is 0.364 bits per heavy atom. The van der Waals surface area contributed by atoms with Crippen LogP contribution in [-0.4, -0.2) is 103 Å². The van der Waals surface area contributed by atoms with Crippen LogP contribution < -0.4 is 68.4 Å². The van der Waals surface area contributed by atoms with Crippen molar-refractivity contribution < 1.29 is 149 Å². The maximum atomic E-state index is 9.63. The van der Waals surface area contributed by atoms with Crippen LogP contribution in [0.2, 0.25) is 0 Å². The minimum atomic E-state index is -2.44. The summed E-state index contributed by atoms with van der Waals surface area (Å²) in [5, 5.41) is 107. The first-order valence-electron chi connectivity index (χ1n) is 6.73. The Morgan fingerprint density at radius 3 is 0.455 bits per heavy atom. The van der Waals surface area contributed by atoms with E-state index >= 15 is 0 Å². The Hall–Kier alpha value is -1.51. The van der Waals surface area contributed by atoms with Crippen LogP contribution in [0.15, 0.2) is 0 Å². The molecule has 6 atom stereocenters. The average Bonchev–Trinajstić information content (AvgIpc) is 2.64. The summed E-state index contributed by atoms with van der Waals surface area (Å²) in [6.45, 7) is 0. The Kier molecular flexibility index (Phi) is 30.4. The van der Waals surface area contributed by atoms with Gasteiger partial charge in [0.25, 0.3) is 0 Å². The van der Waals surface area contributed by atoms with Gasteiger partial charge in [-0.1, -0.05) is 0 Å². The van der Waals surface area contributed by atoms with Crippen molar-refractivity contribution >= 4 is 35.8 Å². The molecule has 21 heteroatoms. The fourth-order valence-corrected chi connectivity index (χ4v) is 0.773. The van der Waals surface area contributed by atoms with Crippen molar-refractivity contribution in [3.05, 3.63) is 0 Å². The van der Waals surface area contributed by atoms with Gasteiger partial charge in [0.2, 0.25) is 0 Å². The minimum absolute atomic E-state index is 0. The zero-order chi connectivity index (χ0) is 24.9. The number of carbonyl (C=O) groups is 6. The van der Waals surface area contributed by atoms with Crippen LogP contribution in [0.25, 0.3) is 0 Å². The van der Waals surface area contributed by atoms with Gasteiger partial charge in [-0.3, -0.25) is 0 Å². The fourth-order valence-electron chi connectivity index (χ4n) is 0.773. The van der Waals surface area contributed by atoms with Crippen LogP contribution in [0, 0.1) is 0 Å². The molecule has 6 unspecified atom stereocenters. The Bertz CT molecular complexity index is 504. The molecule has 0 fully saturated rings. The Morgan fingerprint density at radius 2 is 0.424 bits per heavy atom. The van der Waals surface area contributed by atoms with Crippen LogP contribution >= 0.6 is 0 Å². The number of hydrogen-bond donors (Lipinski definition) is 6. The van der Waals surface area contributed by atoms with Crippen molar-refractivity contribution in [3.8, 4) is 0 Å². The topological polar surface area (TPSA) is 362 Å². The number of carboxylic acid groups (broad SMARTS) is 6. The molecule has 0 aliphatic heterocycles. The van der Waals surface area contributed by atoms with Gasteiger partial charge in [-0.2, -0.15) is 0 Å². The van der Waals surface area contributed by atoms with E-state index in [1.54, 1.807) is 0 Å². The van der Waals surface area contributed by atoms with E-state index in [2.05, 4.69) is 0 Å². The maximum Gasteiger partial charge on any atom is 4.00 e. The molecule has 0 amide bonds. The summed E-state index contributed by atoms with van der Waals surface area (Å²) in [5.41, 5.74) is 0. The molecule has 0 aromatic rings. The molecule has 0 heterocycles. The number of carbonyl (C=O) groups excluding carboxylic acids is 6. The third-order valence-corrected chi connectivity index (χ3v) is 2.35. The quantitative estimate of drug-likeness (QED) is 0.158. The summed E-state index contributed by atoms with van der Waals surface area (Å²) >= 11 is 0. The second-order valence-electron chi connectivity index (χ2n) is 4.58. The van der Waals surface area contributed by atoms with Crippen LogP contribution in [0.4, 0.5) is 0 Å². The van der Waals surface area contributed by atoms with Gasteiger partial charge in [0.1, 0.15) is 36.6 Å². The smallest absolute Gasteiger partial charge is 0.547 e. The largest absolute Gasteiger partial charge is 4.00 e. The molecule has 0 aromatic heterocycles. The predicted octanol–water partition coefficient (Wildman–Crippen LogP) is -20.4. The van der Waals surface area contributed by atoms with Gasteiger partial charge < -0.3 is 90.0 Å². The molecular formula is C12H12Li2O18Ti. The third-order valence-electron chi connectivity index (χ3n) is 2.35. The SMILES string of the molecule is O=C([O-])C(O)C(O)C(=O)[O-].O=C([O-])C(O)C(O)C(=O)[O-].O=C([O-])C(O)C(O)C(=O)[O-].[Li+].[Li+].[Ti+4]. The molecular weight excluding hydrogens is 494 g/mol. The second-order valence-corrected chi connectivity index (χ2v) is 4.58. The summed E-state index contributed by atoms with van der Waals surface area (Å²) in [6.07, 6.45) is -14.6. The van der Waals surface area contributed by atoms with Crippen LogP contribution in [0.1, 0.15) is 0 Å². The first-order chi connectivity index (χ1) is 13.4. The molecule has 0 aromatic carbocycles. The van der Waals surface area contributed by atoms with E-state index in [1.807, 2.05) is 0 Å². The Labute approximate surface area is 221 Å². The normalized spacial score (nSPS) is 14.4. The molecule has 0 rings (SSSR count). The standard InChI is InChI=1S/3C4H6O6.2Li.Ti/c3*5-1(3(7)8)2(6)4(9)10;;;/h3*1-2,5-6H,(H,7,8)(H,9,10);;;/q;;;2*+1;+4/p-6. The molecule has 0 spiro atoms. The van der Waals surface area contributed by atoms with E-state index in [0.717, 1.165) is 0 Å². The number of aliphatic hydroxyl groups is 6. The summed E-state index contributed by atoms with van der Waals surface area (Å²) in [4.78, 5) is 57.8. The third kappa shape index (κ3) is 20.8. The second kappa shape index (κ2) is 22.3. The molecule has 0 saturated heterocycles. The van der Waals surface area contributed by atoms with Gasteiger partial charge in [-0.05, 0) is 0 Å². The predicted molar refractivity (Wildman–Crippen MR) is 66.1 cm³/mol. The van der Waals surface area contributed by atoms with Crippen LogP contribution in [-0.2, 0) is 50.5 Å². The molecule has 33 heavy (non-hydrogen) atoms. The summed E-state index contributed by atoms with van der Waals surface area (Å²) < 4.78 is 0. The molecule has 0 bridgehead atoms. The van der Waals surface area contributed by atoms with E-state index in [-0.39, 0.29) is 59.4 Å². The molecule has 0 saturated carbocycles. The monoisotopic (exact) mass is 506 g/mol. The van der Waals surface area contributed by atoms with Crippen molar-refractivity contribution in [1.82, 2.24) is 0 Å². The van der Waals surface area contributed by atoms with E-state index in [4.69, 9.17) is 30.6 Å². The number of aliphatic carboxylic acids is 6. The van der Waals surface area contributed by atoms with Crippen molar-refractivity contribution in [3.63, 3.8) is 0 Å². The van der Waals surface area contributed by atoms with Crippen molar-refractivity contribution in [2.45, 2.75) is 36.6 Å². The summed E-state index contributed by atoms with van der Waals surface area (Å²) in [6, 6.07) is 0. The van der Waals surface area contributed by atoms with Crippen molar-refractivity contribution in [2.75, 3.05) is 0 Å². The van der Waals surface area contributed by atoms with E-state index in [9.17, 15) is 59.4 Å². The van der Waals surface area contributed by atoms with Crippen LogP contribution in [0.5, 0.6) is 0 Å². The van der Waals surface area contributed by atoms with Gasteiger partial charge >= 0.3 is 59.4 Å². The van der Waals surface area contributed by atoms with Gasteiger partial charge in [-0.15, -0.1) is 0 Å². The number of hydrogen-bond acceptors (Lipinski definition) is 18. The molecule has 6 N–H and O–H groups in total. The van der Waals surface area contributed by atoms with Gasteiger partial charge in [0.05, 0.1) is 35.8 Å². The summed E-state index contributed by atoms with van der Waals surface area (Å²) in [7, 11) is 0. The number of carboxylic acids is 6. The first-order valence-corrected chi connectivity index (χ1v) is 6.73. The van der Waals surface area contributed by atoms with E-state index in [1.165, 1.54) is 0 Å². The van der Waals surface area contributed by atoms with Gasteiger partial charge in [0, 0.05) is 0 Å². The minimum Gasteiger partial charge on any atom is -0.547 e. The fraction of sp³-hybridized carbons (Fsp3) is 0.500. The van der Waals surface area contributed by atoms with Crippen molar-refractivity contribution in [2.24, 2.45) is 0 Å². The average molecular weight is 506 g/mol. The van der Waals surface area contributed by atoms with E-state index < -0.39 is 72.4 Å². The number of rotatable bonds is 9. The maximum absolute atomic E-state index is 9.63. The zero-order valence-electron chi connectivity index (χ0n) is 16.5. The zero-order valence-corrected chi connectivity index (χ0v) is 18.1. The molecule has 0 aliphatic carbocycles. The molecule has 174 valence electrons. The van der Waals surface area contributed by atoms with E-state index in [0.29, 0.717) is 0 Å². The van der Waals surface area contributed by atoms with Gasteiger partial charge in [-0.25, -0.2) is 0 Å². The summed E-state index contributed by atoms with van der Waals surface area (Å²) in [5.74, 6) is -12.4. The first kappa shape index (κ1) is 45.1. The molecule has 0 radical (unpaired) electrons. The van der Waals surface area contributed by atoms with Crippen molar-refractivity contribution in [1.29, 1.82) is 0 Å². The van der Waals surface area contributed by atoms with Crippen LogP contribution in [0.3, 0.4) is 0 Å². The molecule has 18 nitrogen and oxygen atoms in total. The number of aliphatic hydroxyl groups excluding tert-OH is 6. The Balaban J connectivity index is -0.0000000792. The molecule has 0 aliphatic rings.